The maximum atomic E-state index is 12.4. The van der Waals surface area contributed by atoms with E-state index >= 15 is 0 Å². The zero-order valence-electron chi connectivity index (χ0n) is 14.4. The summed E-state index contributed by atoms with van der Waals surface area (Å²) in [4.78, 5) is 25.3. The molecule has 2 N–H and O–H groups in total. The lowest BCUT2D eigenvalue weighted by Crippen LogP contribution is -2.48. The largest absolute Gasteiger partial charge is 0.360 e. The van der Waals surface area contributed by atoms with Gasteiger partial charge in [0.1, 0.15) is 10.6 Å². The van der Waals surface area contributed by atoms with Crippen LogP contribution in [0.5, 0.6) is 0 Å². The minimum Gasteiger partial charge on any atom is -0.360 e. The summed E-state index contributed by atoms with van der Waals surface area (Å²) in [6.45, 7) is 8.78. The van der Waals surface area contributed by atoms with E-state index in [2.05, 4.69) is 21.8 Å². The minimum absolute atomic E-state index is 0.0595. The number of carbonyl (C=O) groups excluding carboxylic acids is 2. The summed E-state index contributed by atoms with van der Waals surface area (Å²) in [5.74, 6) is -0.496. The molecule has 0 aliphatic carbocycles. The third-order valence-corrected chi connectivity index (χ3v) is 5.77. The highest BCUT2D eigenvalue weighted by atomic mass is 32.2. The predicted molar refractivity (Wildman–Crippen MR) is 89.1 cm³/mol. The molecule has 1 saturated heterocycles. The summed E-state index contributed by atoms with van der Waals surface area (Å²) in [6, 6.07) is -1.20. The van der Waals surface area contributed by atoms with Crippen LogP contribution >= 0.6 is 0 Å². The molecule has 10 heteroatoms. The number of carbonyl (C=O) groups is 2. The van der Waals surface area contributed by atoms with Crippen LogP contribution in [0.3, 0.4) is 0 Å². The molecular weight excluding hydrogens is 348 g/mol. The molecule has 138 valence electrons. The lowest BCUT2D eigenvalue weighted by molar-refractivity contribution is -0.126. The van der Waals surface area contributed by atoms with Crippen LogP contribution < -0.4 is 10.0 Å². The summed E-state index contributed by atoms with van der Waals surface area (Å²) in [6.07, 6.45) is 1.83. The van der Waals surface area contributed by atoms with Gasteiger partial charge in [-0.25, -0.2) is 8.42 Å². The first-order chi connectivity index (χ1) is 11.7. The van der Waals surface area contributed by atoms with Crippen LogP contribution in [-0.2, 0) is 19.6 Å². The normalized spacial score (nSPS) is 18.8. The Balaban J connectivity index is 1.97. The number of nitrogens with one attached hydrogen (secondary N) is 2. The topological polar surface area (TPSA) is 122 Å². The number of hydrogen-bond donors (Lipinski definition) is 2. The second-order valence-electron chi connectivity index (χ2n) is 5.98. The molecule has 0 aromatic carbocycles. The monoisotopic (exact) mass is 370 g/mol. The average Bonchev–Trinajstić information content (AvgIpc) is 3.13. The molecule has 0 saturated carbocycles. The number of sulfonamides is 1. The van der Waals surface area contributed by atoms with Gasteiger partial charge < -0.3 is 14.7 Å². The Morgan fingerprint density at radius 3 is 2.68 bits per heavy atom. The van der Waals surface area contributed by atoms with Gasteiger partial charge in [-0.1, -0.05) is 11.7 Å². The first kappa shape index (κ1) is 19.1. The fraction of sp³-hybridized carbons (Fsp3) is 0.533. The summed E-state index contributed by atoms with van der Waals surface area (Å²) in [5.41, 5.74) is 0.229. The number of amides is 2. The van der Waals surface area contributed by atoms with Gasteiger partial charge in [-0.05, 0) is 33.3 Å². The van der Waals surface area contributed by atoms with E-state index < -0.39 is 22.0 Å². The molecule has 1 aromatic heterocycles. The van der Waals surface area contributed by atoms with E-state index in [0.29, 0.717) is 19.5 Å². The van der Waals surface area contributed by atoms with Crippen molar-refractivity contribution in [3.05, 3.63) is 24.1 Å². The molecule has 1 aliphatic heterocycles. The van der Waals surface area contributed by atoms with E-state index in [4.69, 9.17) is 4.52 Å². The van der Waals surface area contributed by atoms with E-state index in [1.807, 2.05) is 0 Å². The van der Waals surface area contributed by atoms with E-state index in [1.54, 1.807) is 4.90 Å². The van der Waals surface area contributed by atoms with Crippen molar-refractivity contribution in [3.8, 4) is 0 Å². The first-order valence-electron chi connectivity index (χ1n) is 7.82. The van der Waals surface area contributed by atoms with Crippen molar-refractivity contribution in [2.75, 3.05) is 13.1 Å². The van der Waals surface area contributed by atoms with Gasteiger partial charge in [0.2, 0.25) is 21.8 Å². The van der Waals surface area contributed by atoms with Crippen LogP contribution in [0.1, 0.15) is 24.8 Å². The maximum absolute atomic E-state index is 12.4. The standard InChI is InChI=1S/C15H22N4O5S/c1-5-13(20)19-7-6-12(8-19)16-15(21)10(3)18-25(22,23)14-9(2)17-24-11(14)4/h5,10,12,18H,1,6-8H2,2-4H3,(H,16,21)/t10?,12-/m0/s1. The quantitative estimate of drug-likeness (QED) is 0.672. The SMILES string of the molecule is C=CC(=O)N1CC[C@H](NC(=O)C(C)NS(=O)(=O)c2c(C)noc2C)C1. The van der Waals surface area contributed by atoms with Crippen molar-refractivity contribution in [1.82, 2.24) is 20.1 Å². The fourth-order valence-electron chi connectivity index (χ4n) is 2.74. The lowest BCUT2D eigenvalue weighted by Gasteiger charge is -2.18. The van der Waals surface area contributed by atoms with Crippen molar-refractivity contribution in [3.63, 3.8) is 0 Å². The highest BCUT2D eigenvalue weighted by molar-refractivity contribution is 7.89. The van der Waals surface area contributed by atoms with Gasteiger partial charge in [-0.15, -0.1) is 0 Å². The summed E-state index contributed by atoms with van der Waals surface area (Å²) >= 11 is 0. The van der Waals surface area contributed by atoms with Crippen molar-refractivity contribution in [1.29, 1.82) is 0 Å². The second kappa shape index (κ2) is 7.36. The molecule has 9 nitrogen and oxygen atoms in total. The Morgan fingerprint density at radius 2 is 2.12 bits per heavy atom. The summed E-state index contributed by atoms with van der Waals surface area (Å²) in [7, 11) is -3.93. The number of aromatic nitrogens is 1. The smallest absolute Gasteiger partial charge is 0.246 e. The van der Waals surface area contributed by atoms with Gasteiger partial charge >= 0.3 is 0 Å². The Labute approximate surface area is 146 Å². The third kappa shape index (κ3) is 4.26. The Morgan fingerprint density at radius 1 is 1.44 bits per heavy atom. The highest BCUT2D eigenvalue weighted by Crippen LogP contribution is 2.19. The third-order valence-electron chi connectivity index (χ3n) is 3.98. The van der Waals surface area contributed by atoms with Crippen molar-refractivity contribution in [2.45, 2.75) is 44.2 Å². The van der Waals surface area contributed by atoms with Crippen LogP contribution in [-0.4, -0.2) is 55.5 Å². The average molecular weight is 370 g/mol. The molecule has 2 amide bonds. The summed E-state index contributed by atoms with van der Waals surface area (Å²) < 4.78 is 32.0. The zero-order valence-corrected chi connectivity index (χ0v) is 15.2. The maximum Gasteiger partial charge on any atom is 0.246 e. The van der Waals surface area contributed by atoms with Crippen LogP contribution in [0, 0.1) is 13.8 Å². The molecule has 1 fully saturated rings. The van der Waals surface area contributed by atoms with Gasteiger partial charge in [-0.2, -0.15) is 4.72 Å². The van der Waals surface area contributed by atoms with E-state index in [0.717, 1.165) is 0 Å². The molecule has 1 aromatic rings. The molecule has 25 heavy (non-hydrogen) atoms. The van der Waals surface area contributed by atoms with Gasteiger partial charge in [0.05, 0.1) is 6.04 Å². The van der Waals surface area contributed by atoms with Gasteiger partial charge in [0.25, 0.3) is 0 Å². The highest BCUT2D eigenvalue weighted by Gasteiger charge is 2.31. The minimum atomic E-state index is -3.93. The first-order valence-corrected chi connectivity index (χ1v) is 9.31. The number of aryl methyl sites for hydroxylation is 2. The Hall–Kier alpha value is -2.20. The van der Waals surface area contributed by atoms with Crippen LogP contribution in [0.15, 0.2) is 22.1 Å². The molecule has 1 unspecified atom stereocenters. The fourth-order valence-corrected chi connectivity index (χ4v) is 4.27. The lowest BCUT2D eigenvalue weighted by atomic mass is 10.2. The number of nitrogens with zero attached hydrogens (tertiary/aromatic N) is 2. The second-order valence-corrected chi connectivity index (χ2v) is 7.63. The Kier molecular flexibility index (Phi) is 5.63. The van der Waals surface area contributed by atoms with Crippen molar-refractivity contribution < 1.29 is 22.5 Å². The molecule has 2 rings (SSSR count). The van der Waals surface area contributed by atoms with Crippen LogP contribution in [0.25, 0.3) is 0 Å². The van der Waals surface area contributed by atoms with Crippen LogP contribution in [0.2, 0.25) is 0 Å². The molecule has 2 heterocycles. The molecule has 1 aliphatic rings. The van der Waals surface area contributed by atoms with Crippen molar-refractivity contribution >= 4 is 21.8 Å². The van der Waals surface area contributed by atoms with E-state index in [-0.39, 0.29) is 28.3 Å². The Bertz CT molecular complexity index is 766. The predicted octanol–water partition coefficient (Wildman–Crippen LogP) is -0.139. The zero-order chi connectivity index (χ0) is 18.8. The van der Waals surface area contributed by atoms with E-state index in [1.165, 1.54) is 26.8 Å². The number of hydrogen-bond acceptors (Lipinski definition) is 6. The van der Waals surface area contributed by atoms with Crippen LogP contribution in [0.4, 0.5) is 0 Å². The molecule has 0 spiro atoms. The molecular formula is C15H22N4O5S. The number of rotatable bonds is 6. The van der Waals surface area contributed by atoms with E-state index in [9.17, 15) is 18.0 Å². The summed E-state index contributed by atoms with van der Waals surface area (Å²) in [5, 5.41) is 6.36. The molecule has 2 atom stereocenters. The van der Waals surface area contributed by atoms with Gasteiger partial charge in [-0.3, -0.25) is 9.59 Å². The molecule has 0 radical (unpaired) electrons. The van der Waals surface area contributed by atoms with Crippen molar-refractivity contribution in [2.24, 2.45) is 0 Å². The molecule has 0 bridgehead atoms. The van der Waals surface area contributed by atoms with Gasteiger partial charge in [0.15, 0.2) is 5.76 Å². The number of likely N-dealkylation sites (tertiary alicyclic amines) is 1. The van der Waals surface area contributed by atoms with Gasteiger partial charge in [0, 0.05) is 19.1 Å².